The summed E-state index contributed by atoms with van der Waals surface area (Å²) < 4.78 is 0. The molecule has 0 radical (unpaired) electrons. The molecule has 4 heteroatoms. The van der Waals surface area contributed by atoms with Gasteiger partial charge >= 0.3 is 0 Å². The maximum absolute atomic E-state index is 11.9. The highest BCUT2D eigenvalue weighted by molar-refractivity contribution is 5.92. The molecule has 1 amide bonds. The molecule has 0 aliphatic heterocycles. The number of carbonyl (C=O) groups excluding carboxylic acids is 1. The van der Waals surface area contributed by atoms with Crippen LogP contribution in [0.25, 0.3) is 0 Å². The monoisotopic (exact) mass is 219 g/mol. The molecule has 1 N–H and O–H groups in total. The molecule has 1 aliphatic rings. The third-order valence-corrected chi connectivity index (χ3v) is 3.51. The van der Waals surface area contributed by atoms with Crippen LogP contribution in [0.15, 0.2) is 18.6 Å². The van der Waals surface area contributed by atoms with E-state index in [-0.39, 0.29) is 11.4 Å². The van der Waals surface area contributed by atoms with Crippen molar-refractivity contribution < 1.29 is 4.79 Å². The molecule has 1 heterocycles. The molecule has 1 aliphatic carbocycles. The van der Waals surface area contributed by atoms with Gasteiger partial charge in [-0.05, 0) is 25.2 Å². The maximum atomic E-state index is 11.9. The molecule has 0 spiro atoms. The third kappa shape index (κ3) is 1.92. The largest absolute Gasteiger partial charge is 0.345 e. The Morgan fingerprint density at radius 3 is 2.62 bits per heavy atom. The molecule has 16 heavy (non-hydrogen) atoms. The lowest BCUT2D eigenvalue weighted by molar-refractivity contribution is 0.0722. The van der Waals surface area contributed by atoms with Crippen molar-refractivity contribution in [3.05, 3.63) is 24.3 Å². The molecule has 1 fully saturated rings. The van der Waals surface area contributed by atoms with Gasteiger partial charge in [-0.3, -0.25) is 9.78 Å². The summed E-state index contributed by atoms with van der Waals surface area (Å²) in [6.07, 6.45) is 7.93. The van der Waals surface area contributed by atoms with Crippen LogP contribution in [0, 0.1) is 5.92 Å². The van der Waals surface area contributed by atoms with Gasteiger partial charge in [-0.25, -0.2) is 4.98 Å². The predicted octanol–water partition coefficient (Wildman–Crippen LogP) is 1.79. The summed E-state index contributed by atoms with van der Waals surface area (Å²) in [5.41, 5.74) is 0.378. The fourth-order valence-corrected chi connectivity index (χ4v) is 2.11. The molecule has 0 atom stereocenters. The molecule has 2 rings (SSSR count). The Bertz CT molecular complexity index is 371. The smallest absolute Gasteiger partial charge is 0.271 e. The first-order valence-electron chi connectivity index (χ1n) is 5.72. The van der Waals surface area contributed by atoms with Crippen LogP contribution in [0.1, 0.15) is 43.6 Å². The SMILES string of the molecule is CC(C)C1(NC(=O)c2cnccn2)CCC1. The van der Waals surface area contributed by atoms with Crippen LogP contribution in [0.4, 0.5) is 0 Å². The number of hydrogen-bond donors (Lipinski definition) is 1. The van der Waals surface area contributed by atoms with Crippen molar-refractivity contribution in [2.75, 3.05) is 0 Å². The summed E-state index contributed by atoms with van der Waals surface area (Å²) in [6.45, 7) is 4.30. The fourth-order valence-electron chi connectivity index (χ4n) is 2.11. The van der Waals surface area contributed by atoms with Crippen molar-refractivity contribution in [2.24, 2.45) is 5.92 Å². The molecule has 1 aromatic heterocycles. The predicted molar refractivity (Wildman–Crippen MR) is 60.9 cm³/mol. The number of aromatic nitrogens is 2. The lowest BCUT2D eigenvalue weighted by Gasteiger charge is -2.46. The third-order valence-electron chi connectivity index (χ3n) is 3.51. The fraction of sp³-hybridized carbons (Fsp3) is 0.583. The van der Waals surface area contributed by atoms with Gasteiger partial charge in [0.1, 0.15) is 5.69 Å². The van der Waals surface area contributed by atoms with Gasteiger partial charge in [-0.15, -0.1) is 0 Å². The Balaban J connectivity index is 2.07. The highest BCUT2D eigenvalue weighted by Gasteiger charge is 2.41. The second-order valence-electron chi connectivity index (χ2n) is 4.71. The summed E-state index contributed by atoms with van der Waals surface area (Å²) >= 11 is 0. The van der Waals surface area contributed by atoms with E-state index in [0.29, 0.717) is 11.6 Å². The highest BCUT2D eigenvalue weighted by atomic mass is 16.2. The number of nitrogens with one attached hydrogen (secondary N) is 1. The Morgan fingerprint density at radius 1 is 1.44 bits per heavy atom. The minimum atomic E-state index is -0.110. The van der Waals surface area contributed by atoms with Crippen LogP contribution < -0.4 is 5.32 Å². The van der Waals surface area contributed by atoms with Crippen molar-refractivity contribution in [1.29, 1.82) is 0 Å². The van der Waals surface area contributed by atoms with E-state index in [1.807, 2.05) is 0 Å². The maximum Gasteiger partial charge on any atom is 0.271 e. The van der Waals surface area contributed by atoms with Crippen LogP contribution >= 0.6 is 0 Å². The van der Waals surface area contributed by atoms with Gasteiger partial charge in [0, 0.05) is 17.9 Å². The van der Waals surface area contributed by atoms with Gasteiger partial charge in [-0.1, -0.05) is 13.8 Å². The van der Waals surface area contributed by atoms with Gasteiger partial charge in [0.05, 0.1) is 6.20 Å². The molecule has 86 valence electrons. The first kappa shape index (κ1) is 11.0. The second kappa shape index (κ2) is 4.20. The normalized spacial score (nSPS) is 17.9. The Kier molecular flexibility index (Phi) is 2.90. The van der Waals surface area contributed by atoms with Crippen molar-refractivity contribution in [2.45, 2.75) is 38.6 Å². The van der Waals surface area contributed by atoms with E-state index in [9.17, 15) is 4.79 Å². The molecule has 0 saturated heterocycles. The van der Waals surface area contributed by atoms with Gasteiger partial charge in [0.25, 0.3) is 5.91 Å². The van der Waals surface area contributed by atoms with Gasteiger partial charge in [0.2, 0.25) is 0 Å². The van der Waals surface area contributed by atoms with E-state index < -0.39 is 0 Å². The molecule has 0 bridgehead atoms. The lowest BCUT2D eigenvalue weighted by atomic mass is 9.69. The molecule has 4 nitrogen and oxygen atoms in total. The van der Waals surface area contributed by atoms with Crippen LogP contribution in [0.5, 0.6) is 0 Å². The molecule has 0 unspecified atom stereocenters. The Hall–Kier alpha value is -1.45. The summed E-state index contributed by atoms with van der Waals surface area (Å²) in [6, 6.07) is 0. The zero-order valence-corrected chi connectivity index (χ0v) is 9.73. The standard InChI is InChI=1S/C12H17N3O/c1-9(2)12(4-3-5-12)15-11(16)10-8-13-6-7-14-10/h6-9H,3-5H2,1-2H3,(H,15,16). The molecule has 1 aromatic rings. The van der Waals surface area contributed by atoms with Crippen molar-refractivity contribution >= 4 is 5.91 Å². The summed E-state index contributed by atoms with van der Waals surface area (Å²) in [7, 11) is 0. The highest BCUT2D eigenvalue weighted by Crippen LogP contribution is 2.38. The van der Waals surface area contributed by atoms with Crippen molar-refractivity contribution in [1.82, 2.24) is 15.3 Å². The van der Waals surface area contributed by atoms with Gasteiger partial charge < -0.3 is 5.32 Å². The quantitative estimate of drug-likeness (QED) is 0.843. The van der Waals surface area contributed by atoms with Crippen LogP contribution in [-0.4, -0.2) is 21.4 Å². The van der Waals surface area contributed by atoms with Crippen LogP contribution in [0.3, 0.4) is 0 Å². The van der Waals surface area contributed by atoms with E-state index in [1.54, 1.807) is 6.20 Å². The number of nitrogens with zero attached hydrogens (tertiary/aromatic N) is 2. The average Bonchev–Trinajstić information content (AvgIpc) is 2.24. The average molecular weight is 219 g/mol. The second-order valence-corrected chi connectivity index (χ2v) is 4.71. The molecular weight excluding hydrogens is 202 g/mol. The Labute approximate surface area is 95.5 Å². The van der Waals surface area contributed by atoms with E-state index in [2.05, 4.69) is 29.1 Å². The first-order chi connectivity index (χ1) is 7.64. The van der Waals surface area contributed by atoms with Gasteiger partial charge in [0.15, 0.2) is 0 Å². The van der Waals surface area contributed by atoms with Crippen LogP contribution in [0.2, 0.25) is 0 Å². The van der Waals surface area contributed by atoms with Crippen LogP contribution in [-0.2, 0) is 0 Å². The number of amides is 1. The molecular formula is C12H17N3O. The van der Waals surface area contributed by atoms with Crippen molar-refractivity contribution in [3.8, 4) is 0 Å². The zero-order valence-electron chi connectivity index (χ0n) is 9.73. The molecule has 1 saturated carbocycles. The Morgan fingerprint density at radius 2 is 2.19 bits per heavy atom. The zero-order chi connectivity index (χ0) is 11.6. The number of carbonyl (C=O) groups is 1. The summed E-state index contributed by atoms with van der Waals surface area (Å²) in [5.74, 6) is 0.350. The summed E-state index contributed by atoms with van der Waals surface area (Å²) in [4.78, 5) is 19.9. The number of hydrogen-bond acceptors (Lipinski definition) is 3. The first-order valence-corrected chi connectivity index (χ1v) is 5.72. The van der Waals surface area contributed by atoms with Crippen molar-refractivity contribution in [3.63, 3.8) is 0 Å². The van der Waals surface area contributed by atoms with E-state index >= 15 is 0 Å². The number of rotatable bonds is 3. The minimum absolute atomic E-state index is 0.0192. The van der Waals surface area contributed by atoms with E-state index in [1.165, 1.54) is 18.8 Å². The van der Waals surface area contributed by atoms with E-state index in [4.69, 9.17) is 0 Å². The molecule has 0 aromatic carbocycles. The lowest BCUT2D eigenvalue weighted by Crippen LogP contribution is -2.57. The minimum Gasteiger partial charge on any atom is -0.345 e. The van der Waals surface area contributed by atoms with Gasteiger partial charge in [-0.2, -0.15) is 0 Å². The van der Waals surface area contributed by atoms with E-state index in [0.717, 1.165) is 12.8 Å². The topological polar surface area (TPSA) is 54.9 Å². The summed E-state index contributed by atoms with van der Waals surface area (Å²) in [5, 5.41) is 3.10.